The molecular formula is C14H9Cl2N3O2. The summed E-state index contributed by atoms with van der Waals surface area (Å²) in [6, 6.07) is 10.1. The zero-order valence-electron chi connectivity index (χ0n) is 10.9. The van der Waals surface area contributed by atoms with E-state index in [1.807, 2.05) is 0 Å². The lowest BCUT2D eigenvalue weighted by molar-refractivity contribution is 0.0591. The number of ether oxygens (including phenoxy) is 1. The van der Waals surface area contributed by atoms with Crippen LogP contribution in [0.2, 0.25) is 10.0 Å². The summed E-state index contributed by atoms with van der Waals surface area (Å²) >= 11 is 12.0. The fourth-order valence-electron chi connectivity index (χ4n) is 1.97. The zero-order valence-corrected chi connectivity index (χ0v) is 12.4. The summed E-state index contributed by atoms with van der Waals surface area (Å²) in [5.74, 6) is -0.0584. The van der Waals surface area contributed by atoms with Gasteiger partial charge in [0.05, 0.1) is 7.11 Å². The Kier molecular flexibility index (Phi) is 3.53. The number of hydrogen-bond acceptors (Lipinski definition) is 4. The van der Waals surface area contributed by atoms with E-state index in [1.54, 1.807) is 36.4 Å². The molecule has 0 aliphatic rings. The molecule has 21 heavy (non-hydrogen) atoms. The van der Waals surface area contributed by atoms with Crippen molar-refractivity contribution < 1.29 is 9.53 Å². The summed E-state index contributed by atoms with van der Waals surface area (Å²) in [7, 11) is 1.32. The highest BCUT2D eigenvalue weighted by atomic mass is 35.5. The third-order valence-electron chi connectivity index (χ3n) is 2.88. The third-order valence-corrected chi connectivity index (χ3v) is 3.31. The predicted molar refractivity (Wildman–Crippen MR) is 79.8 cm³/mol. The first-order valence-corrected chi connectivity index (χ1v) is 6.74. The lowest BCUT2D eigenvalue weighted by Gasteiger charge is -2.00. The molecule has 0 radical (unpaired) electrons. The van der Waals surface area contributed by atoms with Crippen molar-refractivity contribution in [2.24, 2.45) is 0 Å². The van der Waals surface area contributed by atoms with Crippen molar-refractivity contribution in [2.45, 2.75) is 0 Å². The summed E-state index contributed by atoms with van der Waals surface area (Å²) in [5, 5.41) is 5.30. The van der Waals surface area contributed by atoms with Gasteiger partial charge in [0.2, 0.25) is 0 Å². The average Bonchev–Trinajstić information content (AvgIpc) is 2.89. The van der Waals surface area contributed by atoms with Gasteiger partial charge in [-0.25, -0.2) is 14.3 Å². The monoisotopic (exact) mass is 321 g/mol. The van der Waals surface area contributed by atoms with E-state index in [9.17, 15) is 4.79 Å². The van der Waals surface area contributed by atoms with Gasteiger partial charge >= 0.3 is 5.97 Å². The van der Waals surface area contributed by atoms with Crippen molar-refractivity contribution in [2.75, 3.05) is 7.11 Å². The molecule has 7 heteroatoms. The standard InChI is InChI=1S/C14H9Cl2N3O2/c1-21-14(20)11-3-2-4-12-17-13(18-19(11)12)8-5-9(15)7-10(16)6-8/h2-7H,1H3. The second-order valence-corrected chi connectivity index (χ2v) is 5.14. The van der Waals surface area contributed by atoms with Crippen LogP contribution in [0.4, 0.5) is 0 Å². The van der Waals surface area contributed by atoms with Gasteiger partial charge in [-0.1, -0.05) is 29.3 Å². The van der Waals surface area contributed by atoms with Crippen molar-refractivity contribution in [3.8, 4) is 11.4 Å². The Balaban J connectivity index is 2.19. The lowest BCUT2D eigenvalue weighted by Crippen LogP contribution is -2.08. The number of fused-ring (bicyclic) bond motifs is 1. The Labute approximate surface area is 130 Å². The molecular weight excluding hydrogens is 313 g/mol. The van der Waals surface area contributed by atoms with E-state index >= 15 is 0 Å². The van der Waals surface area contributed by atoms with Crippen LogP contribution in [0.5, 0.6) is 0 Å². The molecule has 0 bridgehead atoms. The minimum Gasteiger partial charge on any atom is -0.464 e. The fourth-order valence-corrected chi connectivity index (χ4v) is 2.50. The normalized spacial score (nSPS) is 10.8. The molecule has 2 aromatic heterocycles. The van der Waals surface area contributed by atoms with Crippen LogP contribution >= 0.6 is 23.2 Å². The van der Waals surface area contributed by atoms with E-state index < -0.39 is 5.97 Å². The molecule has 0 aliphatic heterocycles. The van der Waals surface area contributed by atoms with Crippen molar-refractivity contribution in [1.82, 2.24) is 14.6 Å². The number of pyridine rings is 1. The SMILES string of the molecule is COC(=O)c1cccc2nc(-c3cc(Cl)cc(Cl)c3)nn12. The molecule has 0 unspecified atom stereocenters. The highest BCUT2D eigenvalue weighted by Gasteiger charge is 2.14. The topological polar surface area (TPSA) is 56.5 Å². The number of aromatic nitrogens is 3. The van der Waals surface area contributed by atoms with Gasteiger partial charge in [-0.3, -0.25) is 0 Å². The van der Waals surface area contributed by atoms with Crippen LogP contribution in [0.3, 0.4) is 0 Å². The van der Waals surface area contributed by atoms with Gasteiger partial charge in [-0.15, -0.1) is 5.10 Å². The summed E-state index contributed by atoms with van der Waals surface area (Å²) < 4.78 is 6.15. The number of methoxy groups -OCH3 is 1. The van der Waals surface area contributed by atoms with Crippen LogP contribution < -0.4 is 0 Å². The Morgan fingerprint density at radius 3 is 2.57 bits per heavy atom. The number of hydrogen-bond donors (Lipinski definition) is 0. The van der Waals surface area contributed by atoms with Crippen molar-refractivity contribution in [3.05, 3.63) is 52.1 Å². The highest BCUT2D eigenvalue weighted by Crippen LogP contribution is 2.25. The second kappa shape index (κ2) is 5.35. The summed E-state index contributed by atoms with van der Waals surface area (Å²) in [6.07, 6.45) is 0. The second-order valence-electron chi connectivity index (χ2n) is 4.27. The largest absolute Gasteiger partial charge is 0.464 e. The maximum absolute atomic E-state index is 11.7. The molecule has 3 aromatic rings. The Bertz CT molecular complexity index is 825. The highest BCUT2D eigenvalue weighted by molar-refractivity contribution is 6.35. The summed E-state index contributed by atoms with van der Waals surface area (Å²) in [4.78, 5) is 16.1. The van der Waals surface area contributed by atoms with Gasteiger partial charge in [0, 0.05) is 15.6 Å². The molecule has 0 aliphatic carbocycles. The number of esters is 1. The molecule has 1 aromatic carbocycles. The van der Waals surface area contributed by atoms with Crippen LogP contribution in [0.25, 0.3) is 17.0 Å². The van der Waals surface area contributed by atoms with Crippen LogP contribution in [0.15, 0.2) is 36.4 Å². The molecule has 106 valence electrons. The molecule has 2 heterocycles. The zero-order chi connectivity index (χ0) is 15.0. The van der Waals surface area contributed by atoms with Gasteiger partial charge in [-0.2, -0.15) is 0 Å². The number of benzene rings is 1. The molecule has 0 amide bonds. The number of carbonyl (C=O) groups excluding carboxylic acids is 1. The van der Waals surface area contributed by atoms with Crippen molar-refractivity contribution in [1.29, 1.82) is 0 Å². The van der Waals surface area contributed by atoms with Gasteiger partial charge in [0.1, 0.15) is 0 Å². The van der Waals surface area contributed by atoms with E-state index in [1.165, 1.54) is 11.6 Å². The van der Waals surface area contributed by atoms with Crippen molar-refractivity contribution in [3.63, 3.8) is 0 Å². The number of halogens is 2. The molecule has 0 saturated carbocycles. The summed E-state index contributed by atoms with van der Waals surface area (Å²) in [5.41, 5.74) is 1.50. The molecule has 3 rings (SSSR count). The van der Waals surface area contributed by atoms with E-state index in [0.717, 1.165) is 0 Å². The quantitative estimate of drug-likeness (QED) is 0.678. The Morgan fingerprint density at radius 1 is 1.19 bits per heavy atom. The third kappa shape index (κ3) is 2.57. The number of rotatable bonds is 2. The average molecular weight is 322 g/mol. The van der Waals surface area contributed by atoms with Gasteiger partial charge < -0.3 is 4.74 Å². The maximum atomic E-state index is 11.7. The first-order chi connectivity index (χ1) is 10.1. The molecule has 0 atom stereocenters. The Hall–Kier alpha value is -2.11. The van der Waals surface area contributed by atoms with Crippen LogP contribution in [0.1, 0.15) is 10.5 Å². The lowest BCUT2D eigenvalue weighted by atomic mass is 10.2. The molecule has 0 spiro atoms. The minimum atomic E-state index is -0.485. The first-order valence-electron chi connectivity index (χ1n) is 5.99. The minimum absolute atomic E-state index is 0.293. The smallest absolute Gasteiger partial charge is 0.356 e. The van der Waals surface area contributed by atoms with Gasteiger partial charge in [0.15, 0.2) is 17.2 Å². The van der Waals surface area contributed by atoms with E-state index in [2.05, 4.69) is 10.1 Å². The van der Waals surface area contributed by atoms with Crippen LogP contribution in [-0.4, -0.2) is 27.7 Å². The number of carbonyl (C=O) groups is 1. The van der Waals surface area contributed by atoms with E-state index in [0.29, 0.717) is 32.8 Å². The maximum Gasteiger partial charge on any atom is 0.356 e. The van der Waals surface area contributed by atoms with Crippen molar-refractivity contribution >= 4 is 34.8 Å². The molecule has 0 fully saturated rings. The van der Waals surface area contributed by atoms with Gasteiger partial charge in [-0.05, 0) is 30.3 Å². The molecule has 0 saturated heterocycles. The predicted octanol–water partition coefficient (Wildman–Crippen LogP) is 3.49. The summed E-state index contributed by atoms with van der Waals surface area (Å²) in [6.45, 7) is 0. The van der Waals surface area contributed by atoms with Crippen LogP contribution in [-0.2, 0) is 4.74 Å². The fraction of sp³-hybridized carbons (Fsp3) is 0.0714. The van der Waals surface area contributed by atoms with Crippen LogP contribution in [0, 0.1) is 0 Å². The van der Waals surface area contributed by atoms with Gasteiger partial charge in [0.25, 0.3) is 0 Å². The number of nitrogens with zero attached hydrogens (tertiary/aromatic N) is 3. The van der Waals surface area contributed by atoms with E-state index in [-0.39, 0.29) is 0 Å². The van der Waals surface area contributed by atoms with E-state index in [4.69, 9.17) is 27.9 Å². The molecule has 0 N–H and O–H groups in total. The molecule has 5 nitrogen and oxygen atoms in total. The first kappa shape index (κ1) is 13.9. The Morgan fingerprint density at radius 2 is 1.90 bits per heavy atom.